The van der Waals surface area contributed by atoms with Gasteiger partial charge in [0, 0.05) is 18.0 Å². The maximum atomic E-state index is 12.2. The molecule has 1 N–H and O–H groups in total. The van der Waals surface area contributed by atoms with Gasteiger partial charge in [0.2, 0.25) is 10.0 Å². The van der Waals surface area contributed by atoms with Gasteiger partial charge in [-0.05, 0) is 42.9 Å². The standard InChI is InChI=1S/C12H20N2O2S2/c1-2-13-6-3-9-18(15,16)14-7-4-12-11(10-14)5-8-17-12/h5,8,13H,2-4,6-7,9-10H2,1H3. The molecule has 1 aliphatic rings. The van der Waals surface area contributed by atoms with Crippen LogP contribution >= 0.6 is 11.3 Å². The number of sulfonamides is 1. The molecule has 1 aliphatic heterocycles. The van der Waals surface area contributed by atoms with Crippen molar-refractivity contribution in [3.8, 4) is 0 Å². The highest BCUT2D eigenvalue weighted by atomic mass is 32.2. The summed E-state index contributed by atoms with van der Waals surface area (Å²) in [5.74, 6) is 0.249. The Kier molecular flexibility index (Phi) is 4.77. The fourth-order valence-electron chi connectivity index (χ4n) is 2.15. The van der Waals surface area contributed by atoms with Crippen LogP contribution in [0.5, 0.6) is 0 Å². The molecule has 0 bridgehead atoms. The maximum absolute atomic E-state index is 12.2. The van der Waals surface area contributed by atoms with Crippen LogP contribution in [0.15, 0.2) is 11.4 Å². The number of nitrogens with zero attached hydrogens (tertiary/aromatic N) is 1. The predicted molar refractivity (Wildman–Crippen MR) is 75.4 cm³/mol. The van der Waals surface area contributed by atoms with Gasteiger partial charge in [0.15, 0.2) is 0 Å². The van der Waals surface area contributed by atoms with Gasteiger partial charge in [-0.2, -0.15) is 4.31 Å². The van der Waals surface area contributed by atoms with Crippen molar-refractivity contribution in [2.45, 2.75) is 26.3 Å². The van der Waals surface area contributed by atoms with Gasteiger partial charge in [-0.3, -0.25) is 0 Å². The Morgan fingerprint density at radius 1 is 1.50 bits per heavy atom. The Morgan fingerprint density at radius 3 is 3.11 bits per heavy atom. The van der Waals surface area contributed by atoms with E-state index in [9.17, 15) is 8.42 Å². The van der Waals surface area contributed by atoms with Gasteiger partial charge >= 0.3 is 0 Å². The third kappa shape index (κ3) is 3.32. The summed E-state index contributed by atoms with van der Waals surface area (Å²) in [5, 5.41) is 5.20. The highest BCUT2D eigenvalue weighted by Crippen LogP contribution is 2.25. The third-order valence-corrected chi connectivity index (χ3v) is 6.10. The van der Waals surface area contributed by atoms with E-state index in [-0.39, 0.29) is 5.75 Å². The number of rotatable bonds is 6. The molecule has 0 aliphatic carbocycles. The average molecular weight is 288 g/mol. The first-order valence-electron chi connectivity index (χ1n) is 6.37. The molecule has 0 aromatic carbocycles. The molecule has 0 fully saturated rings. The van der Waals surface area contributed by atoms with Crippen molar-refractivity contribution in [2.75, 3.05) is 25.4 Å². The largest absolute Gasteiger partial charge is 0.317 e. The first-order chi connectivity index (χ1) is 8.63. The number of fused-ring (bicyclic) bond motifs is 1. The van der Waals surface area contributed by atoms with E-state index in [0.29, 0.717) is 19.5 Å². The van der Waals surface area contributed by atoms with Crippen LogP contribution in [0.1, 0.15) is 23.8 Å². The molecule has 0 saturated heterocycles. The number of hydrogen-bond donors (Lipinski definition) is 1. The fraction of sp³-hybridized carbons (Fsp3) is 0.667. The van der Waals surface area contributed by atoms with Crippen molar-refractivity contribution < 1.29 is 8.42 Å². The van der Waals surface area contributed by atoms with E-state index >= 15 is 0 Å². The van der Waals surface area contributed by atoms with E-state index in [4.69, 9.17) is 0 Å². The zero-order valence-electron chi connectivity index (χ0n) is 10.7. The van der Waals surface area contributed by atoms with Crippen molar-refractivity contribution in [3.05, 3.63) is 21.9 Å². The maximum Gasteiger partial charge on any atom is 0.214 e. The van der Waals surface area contributed by atoms with Crippen LogP contribution in [0.4, 0.5) is 0 Å². The van der Waals surface area contributed by atoms with Crippen LogP contribution < -0.4 is 5.32 Å². The van der Waals surface area contributed by atoms with E-state index < -0.39 is 10.0 Å². The lowest BCUT2D eigenvalue weighted by Gasteiger charge is -2.26. The summed E-state index contributed by atoms with van der Waals surface area (Å²) in [5.41, 5.74) is 1.18. The molecule has 4 nitrogen and oxygen atoms in total. The van der Waals surface area contributed by atoms with Gasteiger partial charge in [-0.15, -0.1) is 11.3 Å². The van der Waals surface area contributed by atoms with Crippen molar-refractivity contribution in [2.24, 2.45) is 0 Å². The van der Waals surface area contributed by atoms with Crippen LogP contribution in [-0.2, 0) is 23.0 Å². The molecule has 0 saturated carbocycles. The van der Waals surface area contributed by atoms with E-state index in [1.807, 2.05) is 18.4 Å². The molecule has 0 amide bonds. The van der Waals surface area contributed by atoms with Gasteiger partial charge in [-0.1, -0.05) is 6.92 Å². The minimum absolute atomic E-state index is 0.249. The summed E-state index contributed by atoms with van der Waals surface area (Å²) >= 11 is 1.73. The molecule has 1 aromatic rings. The SMILES string of the molecule is CCNCCCS(=O)(=O)N1CCc2sccc2C1. The number of nitrogens with one attached hydrogen (secondary N) is 1. The molecule has 0 spiro atoms. The van der Waals surface area contributed by atoms with Crippen LogP contribution in [0.2, 0.25) is 0 Å². The smallest absolute Gasteiger partial charge is 0.214 e. The van der Waals surface area contributed by atoms with Crippen LogP contribution in [-0.4, -0.2) is 38.1 Å². The van der Waals surface area contributed by atoms with Crippen molar-refractivity contribution in [1.82, 2.24) is 9.62 Å². The Hall–Kier alpha value is -0.430. The Labute approximate surface area is 113 Å². The molecule has 6 heteroatoms. The lowest BCUT2D eigenvalue weighted by molar-refractivity contribution is 0.393. The van der Waals surface area contributed by atoms with Crippen molar-refractivity contribution >= 4 is 21.4 Å². The van der Waals surface area contributed by atoms with Crippen LogP contribution in [0.25, 0.3) is 0 Å². The Bertz CT molecular complexity index is 482. The normalized spacial score (nSPS) is 16.7. The topological polar surface area (TPSA) is 49.4 Å². The fourth-order valence-corrected chi connectivity index (χ4v) is 4.51. The Balaban J connectivity index is 1.91. The second-order valence-electron chi connectivity index (χ2n) is 4.48. The third-order valence-electron chi connectivity index (χ3n) is 3.17. The molecule has 102 valence electrons. The summed E-state index contributed by atoms with van der Waals surface area (Å²) in [6.45, 7) is 4.88. The van der Waals surface area contributed by atoms with Gasteiger partial charge < -0.3 is 5.32 Å². The minimum Gasteiger partial charge on any atom is -0.317 e. The van der Waals surface area contributed by atoms with Gasteiger partial charge in [0.25, 0.3) is 0 Å². The molecule has 2 rings (SSSR count). The van der Waals surface area contributed by atoms with Gasteiger partial charge in [0.05, 0.1) is 5.75 Å². The molecular weight excluding hydrogens is 268 g/mol. The zero-order valence-corrected chi connectivity index (χ0v) is 12.3. The first-order valence-corrected chi connectivity index (χ1v) is 8.86. The summed E-state index contributed by atoms with van der Waals surface area (Å²) in [4.78, 5) is 1.34. The van der Waals surface area contributed by atoms with Gasteiger partial charge in [-0.25, -0.2) is 8.42 Å². The first kappa shape index (κ1) is 14.0. The molecular formula is C12H20N2O2S2. The minimum atomic E-state index is -3.09. The highest BCUT2D eigenvalue weighted by molar-refractivity contribution is 7.89. The highest BCUT2D eigenvalue weighted by Gasteiger charge is 2.26. The van der Waals surface area contributed by atoms with Gasteiger partial charge in [0.1, 0.15) is 0 Å². The summed E-state index contributed by atoms with van der Waals surface area (Å²) in [7, 11) is -3.09. The molecule has 1 aromatic heterocycles. The second-order valence-corrected chi connectivity index (χ2v) is 7.56. The van der Waals surface area contributed by atoms with E-state index in [0.717, 1.165) is 19.5 Å². The van der Waals surface area contributed by atoms with E-state index in [1.54, 1.807) is 15.6 Å². The van der Waals surface area contributed by atoms with Crippen molar-refractivity contribution in [1.29, 1.82) is 0 Å². The molecule has 2 heterocycles. The van der Waals surface area contributed by atoms with Crippen molar-refractivity contribution in [3.63, 3.8) is 0 Å². The molecule has 0 atom stereocenters. The van der Waals surface area contributed by atoms with Crippen LogP contribution in [0.3, 0.4) is 0 Å². The summed E-state index contributed by atoms with van der Waals surface area (Å²) in [6.07, 6.45) is 1.54. The zero-order chi connectivity index (χ0) is 13.0. The molecule has 18 heavy (non-hydrogen) atoms. The Morgan fingerprint density at radius 2 is 2.33 bits per heavy atom. The number of thiophene rings is 1. The predicted octanol–water partition coefficient (Wildman–Crippen LogP) is 1.44. The molecule has 0 radical (unpaired) electrons. The monoisotopic (exact) mass is 288 g/mol. The van der Waals surface area contributed by atoms with E-state index in [1.165, 1.54) is 10.4 Å². The average Bonchev–Trinajstić information content (AvgIpc) is 2.82. The second kappa shape index (κ2) is 6.14. The lowest BCUT2D eigenvalue weighted by atomic mass is 10.1. The number of hydrogen-bond acceptors (Lipinski definition) is 4. The summed E-state index contributed by atoms with van der Waals surface area (Å²) in [6, 6.07) is 2.04. The van der Waals surface area contributed by atoms with E-state index in [2.05, 4.69) is 5.32 Å². The quantitative estimate of drug-likeness (QED) is 0.806. The van der Waals surface area contributed by atoms with Crippen LogP contribution in [0, 0.1) is 0 Å². The lowest BCUT2D eigenvalue weighted by Crippen LogP contribution is -2.37. The summed E-state index contributed by atoms with van der Waals surface area (Å²) < 4.78 is 26.0. The molecule has 0 unspecified atom stereocenters.